The first-order valence-electron chi connectivity index (χ1n) is 11.4. The summed E-state index contributed by atoms with van der Waals surface area (Å²) in [5, 5.41) is 0.264. The Labute approximate surface area is 199 Å². The number of benzene rings is 3. The van der Waals surface area contributed by atoms with E-state index in [4.69, 9.17) is 4.74 Å². The number of hydrogen-bond donors (Lipinski definition) is 0. The average Bonchev–Trinajstić information content (AvgIpc) is 3.21. The van der Waals surface area contributed by atoms with E-state index in [1.165, 1.54) is 10.6 Å². The summed E-state index contributed by atoms with van der Waals surface area (Å²) in [6.45, 7) is 0.0703. The van der Waals surface area contributed by atoms with Gasteiger partial charge < -0.3 is 4.74 Å². The second-order valence-electron chi connectivity index (χ2n) is 8.63. The first-order valence-corrected chi connectivity index (χ1v) is 11.4. The van der Waals surface area contributed by atoms with Gasteiger partial charge in [0, 0.05) is 16.6 Å². The van der Waals surface area contributed by atoms with E-state index in [1.807, 2.05) is 30.3 Å². The van der Waals surface area contributed by atoms with Gasteiger partial charge in [-0.15, -0.1) is 0 Å². The lowest BCUT2D eigenvalue weighted by Crippen LogP contribution is -2.23. The van der Waals surface area contributed by atoms with Gasteiger partial charge in [0.05, 0.1) is 17.0 Å². The van der Waals surface area contributed by atoms with Crippen molar-refractivity contribution in [2.24, 2.45) is 0 Å². The number of carbonyl (C=O) groups excluding carboxylic acids is 2. The highest BCUT2D eigenvalue weighted by Gasteiger charge is 2.37. The van der Waals surface area contributed by atoms with Crippen molar-refractivity contribution in [3.8, 4) is 0 Å². The third-order valence-electron chi connectivity index (χ3n) is 6.42. The standard InChI is InChI=1S/C28H22F3NO3/c29-28(30,31)20-14-15-23-22(16-20)25-21(27(34)35-17-18-8-3-1-4-9-18)12-7-13-24(25)32(23)26(33)19-10-5-2-6-11-19/h1-6,8-11,14-16,21H,7,12-13,17H2. The molecular formula is C28H22F3NO3. The fraction of sp³-hybridized carbons (Fsp3) is 0.214. The third kappa shape index (κ3) is 4.34. The van der Waals surface area contributed by atoms with Crippen LogP contribution >= 0.6 is 0 Å². The van der Waals surface area contributed by atoms with Crippen molar-refractivity contribution in [1.82, 2.24) is 4.57 Å². The summed E-state index contributed by atoms with van der Waals surface area (Å²) in [6, 6.07) is 21.1. The molecule has 7 heteroatoms. The quantitative estimate of drug-likeness (QED) is 0.315. The van der Waals surface area contributed by atoms with Crippen LogP contribution in [0.15, 0.2) is 78.9 Å². The fourth-order valence-corrected chi connectivity index (χ4v) is 4.80. The molecule has 1 heterocycles. The maximum atomic E-state index is 13.6. The lowest BCUT2D eigenvalue weighted by molar-refractivity contribution is -0.147. The predicted molar refractivity (Wildman–Crippen MR) is 125 cm³/mol. The molecule has 1 aliphatic rings. The molecule has 1 atom stereocenters. The van der Waals surface area contributed by atoms with Gasteiger partial charge in [-0.25, -0.2) is 0 Å². The van der Waals surface area contributed by atoms with Gasteiger partial charge in [0.2, 0.25) is 0 Å². The van der Waals surface area contributed by atoms with E-state index in [-0.39, 0.29) is 17.9 Å². The molecule has 178 valence electrons. The minimum Gasteiger partial charge on any atom is -0.460 e. The number of halogens is 3. The van der Waals surface area contributed by atoms with Gasteiger partial charge in [-0.2, -0.15) is 13.2 Å². The number of esters is 1. The highest BCUT2D eigenvalue weighted by atomic mass is 19.4. The summed E-state index contributed by atoms with van der Waals surface area (Å²) >= 11 is 0. The lowest BCUT2D eigenvalue weighted by atomic mass is 9.85. The minimum absolute atomic E-state index is 0.0703. The number of alkyl halides is 3. The average molecular weight is 477 g/mol. The van der Waals surface area contributed by atoms with Gasteiger partial charge in [-0.3, -0.25) is 14.2 Å². The summed E-state index contributed by atoms with van der Waals surface area (Å²) < 4.78 is 47.8. The zero-order valence-electron chi connectivity index (χ0n) is 18.7. The molecule has 5 rings (SSSR count). The number of fused-ring (bicyclic) bond motifs is 3. The van der Waals surface area contributed by atoms with Crippen LogP contribution in [-0.2, 0) is 28.7 Å². The van der Waals surface area contributed by atoms with E-state index >= 15 is 0 Å². The SMILES string of the molecule is O=C(OCc1ccccc1)C1CCCc2c1c1cc(C(F)(F)F)ccc1n2C(=O)c1ccccc1. The van der Waals surface area contributed by atoms with E-state index in [2.05, 4.69) is 0 Å². The Morgan fingerprint density at radius 2 is 1.63 bits per heavy atom. The van der Waals surface area contributed by atoms with E-state index < -0.39 is 23.6 Å². The molecule has 4 aromatic rings. The molecule has 1 unspecified atom stereocenters. The number of hydrogen-bond acceptors (Lipinski definition) is 3. The highest BCUT2D eigenvalue weighted by Crippen LogP contribution is 2.42. The van der Waals surface area contributed by atoms with Crippen LogP contribution in [0, 0.1) is 0 Å². The van der Waals surface area contributed by atoms with E-state index in [1.54, 1.807) is 30.3 Å². The first-order chi connectivity index (χ1) is 16.8. The van der Waals surface area contributed by atoms with Crippen LogP contribution in [0.25, 0.3) is 10.9 Å². The Morgan fingerprint density at radius 3 is 2.31 bits per heavy atom. The van der Waals surface area contributed by atoms with Crippen molar-refractivity contribution < 1.29 is 27.5 Å². The summed E-state index contributed by atoms with van der Waals surface area (Å²) in [4.78, 5) is 26.7. The van der Waals surface area contributed by atoms with Gasteiger partial charge in [0.25, 0.3) is 5.91 Å². The van der Waals surface area contributed by atoms with Crippen LogP contribution in [0.2, 0.25) is 0 Å². The zero-order chi connectivity index (χ0) is 24.6. The van der Waals surface area contributed by atoms with Crippen molar-refractivity contribution in [1.29, 1.82) is 0 Å². The normalized spacial score (nSPS) is 15.6. The van der Waals surface area contributed by atoms with Crippen molar-refractivity contribution in [3.05, 3.63) is 107 Å². The molecule has 1 aromatic heterocycles. The molecule has 0 saturated heterocycles. The lowest BCUT2D eigenvalue weighted by Gasteiger charge is -2.23. The maximum Gasteiger partial charge on any atom is 0.416 e. The molecule has 0 spiro atoms. The number of ether oxygens (including phenoxy) is 1. The van der Waals surface area contributed by atoms with Gasteiger partial charge >= 0.3 is 12.1 Å². The van der Waals surface area contributed by atoms with Crippen LogP contribution in [0.4, 0.5) is 13.2 Å². The third-order valence-corrected chi connectivity index (χ3v) is 6.42. The van der Waals surface area contributed by atoms with Crippen LogP contribution in [0.3, 0.4) is 0 Å². The Balaban J connectivity index is 1.62. The first kappa shape index (κ1) is 22.9. The molecule has 0 aliphatic heterocycles. The molecule has 0 radical (unpaired) electrons. The van der Waals surface area contributed by atoms with Crippen molar-refractivity contribution in [2.45, 2.75) is 38.0 Å². The second-order valence-corrected chi connectivity index (χ2v) is 8.63. The minimum atomic E-state index is -4.55. The largest absolute Gasteiger partial charge is 0.460 e. The van der Waals surface area contributed by atoms with E-state index in [0.717, 1.165) is 17.7 Å². The highest BCUT2D eigenvalue weighted by molar-refractivity contribution is 6.05. The van der Waals surface area contributed by atoms with Crippen LogP contribution in [0.1, 0.15) is 51.5 Å². The summed E-state index contributed by atoms with van der Waals surface area (Å²) in [6.07, 6.45) is -3.02. The Morgan fingerprint density at radius 1 is 0.943 bits per heavy atom. The molecule has 4 nitrogen and oxygen atoms in total. The smallest absolute Gasteiger partial charge is 0.416 e. The number of nitrogens with zero attached hydrogens (tertiary/aromatic N) is 1. The molecule has 0 saturated carbocycles. The molecule has 1 aliphatic carbocycles. The monoisotopic (exact) mass is 477 g/mol. The van der Waals surface area contributed by atoms with Crippen molar-refractivity contribution >= 4 is 22.8 Å². The summed E-state index contributed by atoms with van der Waals surface area (Å²) in [7, 11) is 0. The number of aromatic nitrogens is 1. The van der Waals surface area contributed by atoms with Crippen molar-refractivity contribution in [3.63, 3.8) is 0 Å². The molecular weight excluding hydrogens is 455 g/mol. The Bertz CT molecular complexity index is 1390. The molecule has 0 amide bonds. The molecule has 0 N–H and O–H groups in total. The summed E-state index contributed by atoms with van der Waals surface area (Å²) in [5.74, 6) is -1.59. The van der Waals surface area contributed by atoms with Gasteiger partial charge in [0.15, 0.2) is 0 Å². The van der Waals surface area contributed by atoms with Crippen LogP contribution in [0.5, 0.6) is 0 Å². The number of carbonyl (C=O) groups is 2. The van der Waals surface area contributed by atoms with E-state index in [0.29, 0.717) is 41.6 Å². The molecule has 0 fully saturated rings. The van der Waals surface area contributed by atoms with Gasteiger partial charge in [0.1, 0.15) is 6.61 Å². The topological polar surface area (TPSA) is 48.3 Å². The number of rotatable bonds is 4. The predicted octanol–water partition coefficient (Wildman–Crippen LogP) is 6.51. The van der Waals surface area contributed by atoms with E-state index in [9.17, 15) is 22.8 Å². The second kappa shape index (κ2) is 9.06. The fourth-order valence-electron chi connectivity index (χ4n) is 4.80. The molecule has 0 bridgehead atoms. The van der Waals surface area contributed by atoms with Crippen LogP contribution in [-0.4, -0.2) is 16.4 Å². The summed E-state index contributed by atoms with van der Waals surface area (Å²) in [5.41, 5.74) is 1.80. The van der Waals surface area contributed by atoms with Gasteiger partial charge in [-0.05, 0) is 60.7 Å². The van der Waals surface area contributed by atoms with Gasteiger partial charge in [-0.1, -0.05) is 48.5 Å². The zero-order valence-corrected chi connectivity index (χ0v) is 18.7. The molecule has 3 aromatic carbocycles. The molecule has 35 heavy (non-hydrogen) atoms. The van der Waals surface area contributed by atoms with Crippen LogP contribution < -0.4 is 0 Å². The van der Waals surface area contributed by atoms with Crippen molar-refractivity contribution in [2.75, 3.05) is 0 Å². The Kier molecular flexibility index (Phi) is 5.93. The maximum absolute atomic E-state index is 13.6. The Hall–Kier alpha value is -3.87.